The van der Waals surface area contributed by atoms with Gasteiger partial charge in [-0.25, -0.2) is 0 Å². The average Bonchev–Trinajstić information content (AvgIpc) is 2.84. The molecule has 0 fully saturated rings. The van der Waals surface area contributed by atoms with Crippen molar-refractivity contribution in [2.45, 2.75) is 13.5 Å². The Kier molecular flexibility index (Phi) is 4.17. The molecule has 0 bridgehead atoms. The van der Waals surface area contributed by atoms with E-state index in [1.54, 1.807) is 25.3 Å². The minimum Gasteiger partial charge on any atom is -0.496 e. The molecule has 1 aromatic heterocycles. The summed E-state index contributed by atoms with van der Waals surface area (Å²) in [6, 6.07) is 5.02. The largest absolute Gasteiger partial charge is 0.496 e. The third kappa shape index (κ3) is 3.56. The zero-order chi connectivity index (χ0) is 15.4. The second-order valence-electron chi connectivity index (χ2n) is 4.29. The Bertz CT molecular complexity index is 681. The Morgan fingerprint density at radius 2 is 2.19 bits per heavy atom. The van der Waals surface area contributed by atoms with Gasteiger partial charge in [-0.3, -0.25) is 9.59 Å². The number of benzene rings is 1. The van der Waals surface area contributed by atoms with E-state index in [4.69, 9.17) is 9.84 Å². The minimum atomic E-state index is -1.06. The fraction of sp³-hybridized carbons (Fsp3) is 0.231. The molecule has 110 valence electrons. The highest BCUT2D eigenvalue weighted by Crippen LogP contribution is 2.19. The number of carboxylic acids is 1. The number of amides is 1. The first-order valence-electron chi connectivity index (χ1n) is 6.07. The molecule has 2 N–H and O–H groups in total. The molecule has 0 saturated carbocycles. The van der Waals surface area contributed by atoms with Crippen molar-refractivity contribution in [2.75, 3.05) is 12.4 Å². The maximum absolute atomic E-state index is 12.1. The zero-order valence-electron chi connectivity index (χ0n) is 11.5. The molecule has 21 heavy (non-hydrogen) atoms. The molecular formula is C13H14N4O4. The Labute approximate surface area is 120 Å². The third-order valence-electron chi connectivity index (χ3n) is 2.71. The molecule has 0 saturated heterocycles. The van der Waals surface area contributed by atoms with E-state index in [2.05, 4.69) is 15.5 Å². The van der Waals surface area contributed by atoms with Crippen LogP contribution in [0.5, 0.6) is 5.75 Å². The molecule has 0 atom stereocenters. The Morgan fingerprint density at radius 3 is 2.81 bits per heavy atom. The first kappa shape index (κ1) is 14.5. The molecule has 0 unspecified atom stereocenters. The number of nitrogens with one attached hydrogen (secondary N) is 1. The second kappa shape index (κ2) is 6.04. The Morgan fingerprint density at radius 1 is 1.43 bits per heavy atom. The van der Waals surface area contributed by atoms with Crippen molar-refractivity contribution in [3.63, 3.8) is 0 Å². The van der Waals surface area contributed by atoms with Gasteiger partial charge in [-0.05, 0) is 30.7 Å². The van der Waals surface area contributed by atoms with E-state index in [1.165, 1.54) is 6.20 Å². The molecule has 8 heteroatoms. The van der Waals surface area contributed by atoms with Crippen LogP contribution in [0, 0.1) is 6.92 Å². The van der Waals surface area contributed by atoms with Gasteiger partial charge in [0.2, 0.25) is 0 Å². The van der Waals surface area contributed by atoms with Gasteiger partial charge >= 0.3 is 5.97 Å². The van der Waals surface area contributed by atoms with E-state index in [0.717, 1.165) is 10.4 Å². The summed E-state index contributed by atoms with van der Waals surface area (Å²) in [6.07, 6.45) is 1.29. The van der Waals surface area contributed by atoms with Gasteiger partial charge in [0.05, 0.1) is 13.3 Å². The van der Waals surface area contributed by atoms with Crippen molar-refractivity contribution < 1.29 is 19.4 Å². The van der Waals surface area contributed by atoms with Crippen LogP contribution in [-0.4, -0.2) is 39.1 Å². The van der Waals surface area contributed by atoms with Gasteiger partial charge < -0.3 is 15.2 Å². The van der Waals surface area contributed by atoms with Crippen molar-refractivity contribution in [1.29, 1.82) is 0 Å². The van der Waals surface area contributed by atoms with Gasteiger partial charge in [-0.2, -0.15) is 9.90 Å². The van der Waals surface area contributed by atoms with Crippen LogP contribution in [-0.2, 0) is 11.3 Å². The summed E-state index contributed by atoms with van der Waals surface area (Å²) in [5.41, 5.74) is 1.28. The van der Waals surface area contributed by atoms with Crippen LogP contribution in [0.25, 0.3) is 0 Å². The predicted octanol–water partition coefficient (Wildman–Crippen LogP) is 0.932. The number of aryl methyl sites for hydroxylation is 1. The number of methoxy groups -OCH3 is 1. The van der Waals surface area contributed by atoms with E-state index in [9.17, 15) is 9.59 Å². The molecule has 0 spiro atoms. The van der Waals surface area contributed by atoms with Gasteiger partial charge in [0.1, 0.15) is 5.75 Å². The first-order valence-corrected chi connectivity index (χ1v) is 6.07. The molecule has 0 aliphatic rings. The predicted molar refractivity (Wildman–Crippen MR) is 73.3 cm³/mol. The smallest absolute Gasteiger partial charge is 0.327 e. The number of ether oxygens (including phenoxy) is 1. The number of anilines is 1. The normalized spacial score (nSPS) is 10.2. The number of aromatic nitrogens is 3. The lowest BCUT2D eigenvalue weighted by Crippen LogP contribution is -2.14. The van der Waals surface area contributed by atoms with Crippen LogP contribution in [0.15, 0.2) is 24.4 Å². The lowest BCUT2D eigenvalue weighted by Gasteiger charge is -2.06. The quantitative estimate of drug-likeness (QED) is 0.848. The van der Waals surface area contributed by atoms with Gasteiger partial charge in [-0.1, -0.05) is 0 Å². The van der Waals surface area contributed by atoms with Gasteiger partial charge in [0.15, 0.2) is 12.4 Å². The Balaban J connectivity index is 2.09. The molecule has 1 amide bonds. The van der Waals surface area contributed by atoms with Crippen molar-refractivity contribution in [2.24, 2.45) is 0 Å². The van der Waals surface area contributed by atoms with Crippen molar-refractivity contribution in [3.8, 4) is 5.75 Å². The SMILES string of the molecule is COc1ccc(C(=O)Nc2cnn(CC(=O)O)n2)cc1C. The third-order valence-corrected chi connectivity index (χ3v) is 2.71. The highest BCUT2D eigenvalue weighted by molar-refractivity contribution is 6.03. The topological polar surface area (TPSA) is 106 Å². The standard InChI is InChI=1S/C13H14N4O4/c1-8-5-9(3-4-10(8)21-2)13(20)15-11-6-14-17(16-11)7-12(18)19/h3-6H,7H2,1-2H3,(H,18,19)(H,15,16,20). The molecule has 2 rings (SSSR count). The molecular weight excluding hydrogens is 276 g/mol. The number of carboxylic acid groups (broad SMARTS) is 1. The maximum atomic E-state index is 12.1. The number of hydrogen-bond acceptors (Lipinski definition) is 5. The van der Waals surface area contributed by atoms with E-state index in [0.29, 0.717) is 11.3 Å². The summed E-state index contributed by atoms with van der Waals surface area (Å²) >= 11 is 0. The maximum Gasteiger partial charge on any atom is 0.327 e. The molecule has 2 aromatic rings. The number of aliphatic carboxylic acids is 1. The fourth-order valence-electron chi connectivity index (χ4n) is 1.76. The number of carbonyl (C=O) groups is 2. The molecule has 0 radical (unpaired) electrons. The summed E-state index contributed by atoms with van der Waals surface area (Å²) in [6.45, 7) is 1.47. The summed E-state index contributed by atoms with van der Waals surface area (Å²) in [4.78, 5) is 23.6. The fourth-order valence-corrected chi connectivity index (χ4v) is 1.76. The first-order chi connectivity index (χ1) is 9.99. The molecule has 0 aliphatic heterocycles. The van der Waals surface area contributed by atoms with E-state index >= 15 is 0 Å². The average molecular weight is 290 g/mol. The summed E-state index contributed by atoms with van der Waals surface area (Å²) in [5, 5.41) is 18.7. The molecule has 1 heterocycles. The van der Waals surface area contributed by atoms with Gasteiger partial charge in [-0.15, -0.1) is 5.10 Å². The van der Waals surface area contributed by atoms with Crippen molar-refractivity contribution in [1.82, 2.24) is 15.0 Å². The minimum absolute atomic E-state index is 0.190. The van der Waals surface area contributed by atoms with Crippen LogP contribution in [0.3, 0.4) is 0 Å². The Hall–Kier alpha value is -2.90. The summed E-state index contributed by atoms with van der Waals surface area (Å²) in [7, 11) is 1.56. The number of nitrogens with zero attached hydrogens (tertiary/aromatic N) is 3. The van der Waals surface area contributed by atoms with Crippen molar-refractivity contribution in [3.05, 3.63) is 35.5 Å². The van der Waals surface area contributed by atoms with Gasteiger partial charge in [0.25, 0.3) is 5.91 Å². The molecule has 8 nitrogen and oxygen atoms in total. The zero-order valence-corrected chi connectivity index (χ0v) is 11.5. The summed E-state index contributed by atoms with van der Waals surface area (Å²) in [5.74, 6) is -0.536. The van der Waals surface area contributed by atoms with E-state index < -0.39 is 5.97 Å². The highest BCUT2D eigenvalue weighted by atomic mass is 16.5. The molecule has 0 aliphatic carbocycles. The second-order valence-corrected chi connectivity index (χ2v) is 4.29. The highest BCUT2D eigenvalue weighted by Gasteiger charge is 2.11. The van der Waals surface area contributed by atoms with Crippen molar-refractivity contribution >= 4 is 17.7 Å². The lowest BCUT2D eigenvalue weighted by atomic mass is 10.1. The molecule has 1 aromatic carbocycles. The number of hydrogen-bond donors (Lipinski definition) is 2. The van der Waals surface area contributed by atoms with Crippen LogP contribution in [0.4, 0.5) is 5.82 Å². The number of carbonyl (C=O) groups excluding carboxylic acids is 1. The lowest BCUT2D eigenvalue weighted by molar-refractivity contribution is -0.138. The van der Waals surface area contributed by atoms with Crippen LogP contribution in [0.1, 0.15) is 15.9 Å². The monoisotopic (exact) mass is 290 g/mol. The van der Waals surface area contributed by atoms with Crippen LogP contribution < -0.4 is 10.1 Å². The van der Waals surface area contributed by atoms with Crippen LogP contribution >= 0.6 is 0 Å². The van der Waals surface area contributed by atoms with Gasteiger partial charge in [0, 0.05) is 5.56 Å². The van der Waals surface area contributed by atoms with Crippen LogP contribution in [0.2, 0.25) is 0 Å². The van der Waals surface area contributed by atoms with E-state index in [-0.39, 0.29) is 18.3 Å². The van der Waals surface area contributed by atoms with E-state index in [1.807, 2.05) is 6.92 Å². The number of rotatable bonds is 5. The summed E-state index contributed by atoms with van der Waals surface area (Å²) < 4.78 is 5.13.